The molecule has 0 atom stereocenters. The van der Waals surface area contributed by atoms with E-state index < -0.39 is 5.69 Å². The molecule has 0 saturated carbocycles. The second kappa shape index (κ2) is 3.91. The molecule has 0 aliphatic carbocycles. The molecule has 3 aromatic rings. The van der Waals surface area contributed by atoms with Gasteiger partial charge in [0.25, 0.3) is 11.2 Å². The van der Waals surface area contributed by atoms with E-state index in [-0.39, 0.29) is 5.56 Å². The van der Waals surface area contributed by atoms with Crippen LogP contribution in [0.3, 0.4) is 0 Å². The van der Waals surface area contributed by atoms with Crippen LogP contribution in [-0.2, 0) is 14.1 Å². The monoisotopic (exact) mass is 258 g/mol. The zero-order valence-electron chi connectivity index (χ0n) is 10.5. The van der Waals surface area contributed by atoms with Gasteiger partial charge in [0.1, 0.15) is 0 Å². The highest BCUT2D eigenvalue weighted by atomic mass is 16.2. The average Bonchev–Trinajstić information content (AvgIpc) is 2.89. The van der Waals surface area contributed by atoms with Crippen molar-refractivity contribution in [3.05, 3.63) is 51.4 Å². The number of rotatable bonds is 1. The Hall–Kier alpha value is -2.70. The fourth-order valence-corrected chi connectivity index (χ4v) is 1.98. The van der Waals surface area contributed by atoms with Gasteiger partial charge in [-0.05, 0) is 17.1 Å². The number of hydrogen-bond donors (Lipinski definition) is 1. The minimum Gasteiger partial charge on any atom is -0.265 e. The highest BCUT2D eigenvalue weighted by Crippen LogP contribution is 2.03. The Morgan fingerprint density at radius 3 is 2.47 bits per heavy atom. The summed E-state index contributed by atoms with van der Waals surface area (Å²) in [7, 11) is 3.03. The SMILES string of the molecule is Cn1c(=O)c2[nH]c(-[n+]3ccccc3)nc2n(C)c1=O. The van der Waals surface area contributed by atoms with Crippen LogP contribution in [0.15, 0.2) is 40.2 Å². The lowest BCUT2D eigenvalue weighted by Gasteiger charge is -1.98. The second-order valence-electron chi connectivity index (χ2n) is 4.25. The van der Waals surface area contributed by atoms with E-state index in [9.17, 15) is 9.59 Å². The van der Waals surface area contributed by atoms with Gasteiger partial charge in [-0.3, -0.25) is 13.9 Å². The van der Waals surface area contributed by atoms with Crippen LogP contribution in [0, 0.1) is 0 Å². The molecule has 3 aromatic heterocycles. The zero-order chi connectivity index (χ0) is 13.6. The molecule has 96 valence electrons. The van der Waals surface area contributed by atoms with E-state index in [0.717, 1.165) is 4.57 Å². The number of aromatic amines is 1. The lowest BCUT2D eigenvalue weighted by Crippen LogP contribution is -2.36. The molecule has 1 N–H and O–H groups in total. The summed E-state index contributed by atoms with van der Waals surface area (Å²) in [6, 6.07) is 5.59. The molecule has 19 heavy (non-hydrogen) atoms. The molecule has 0 unspecified atom stereocenters. The summed E-state index contributed by atoms with van der Waals surface area (Å²) < 4.78 is 4.14. The van der Waals surface area contributed by atoms with E-state index in [1.54, 1.807) is 24.0 Å². The average molecular weight is 258 g/mol. The van der Waals surface area contributed by atoms with Crippen LogP contribution < -0.4 is 15.8 Å². The van der Waals surface area contributed by atoms with E-state index in [4.69, 9.17) is 0 Å². The van der Waals surface area contributed by atoms with Gasteiger partial charge in [0.15, 0.2) is 0 Å². The Bertz CT molecular complexity index is 873. The summed E-state index contributed by atoms with van der Waals surface area (Å²) in [5, 5.41) is 0. The molecule has 0 aromatic carbocycles. The molecule has 0 amide bonds. The van der Waals surface area contributed by atoms with Gasteiger partial charge < -0.3 is 0 Å². The largest absolute Gasteiger partial charge is 0.403 e. The third-order valence-corrected chi connectivity index (χ3v) is 3.04. The molecule has 0 radical (unpaired) electrons. The summed E-state index contributed by atoms with van der Waals surface area (Å²) in [5.41, 5.74) is -0.114. The Labute approximate surface area is 107 Å². The minimum atomic E-state index is -0.395. The van der Waals surface area contributed by atoms with Crippen molar-refractivity contribution in [3.63, 3.8) is 0 Å². The number of nitrogens with zero attached hydrogens (tertiary/aromatic N) is 4. The molecule has 3 heterocycles. The highest BCUT2D eigenvalue weighted by Gasteiger charge is 2.20. The quantitative estimate of drug-likeness (QED) is 0.583. The van der Waals surface area contributed by atoms with Gasteiger partial charge in [-0.25, -0.2) is 14.3 Å². The number of pyridine rings is 1. The van der Waals surface area contributed by atoms with Crippen molar-refractivity contribution in [2.45, 2.75) is 0 Å². The fourth-order valence-electron chi connectivity index (χ4n) is 1.98. The smallest absolute Gasteiger partial charge is 0.265 e. The Morgan fingerprint density at radius 1 is 1.11 bits per heavy atom. The van der Waals surface area contributed by atoms with Gasteiger partial charge in [0.05, 0.1) is 12.4 Å². The van der Waals surface area contributed by atoms with E-state index >= 15 is 0 Å². The lowest BCUT2D eigenvalue weighted by atomic mass is 10.5. The maximum absolute atomic E-state index is 12.0. The first kappa shape index (κ1) is 11.4. The minimum absolute atomic E-state index is 0.316. The first-order chi connectivity index (χ1) is 9.09. The van der Waals surface area contributed by atoms with Crippen molar-refractivity contribution >= 4 is 11.2 Å². The number of fused-ring (bicyclic) bond motifs is 1. The number of H-pyrrole nitrogens is 1. The number of hydrogen-bond acceptors (Lipinski definition) is 3. The number of aromatic nitrogens is 5. The lowest BCUT2D eigenvalue weighted by molar-refractivity contribution is -0.603. The van der Waals surface area contributed by atoms with Gasteiger partial charge in [-0.1, -0.05) is 6.07 Å². The standard InChI is InChI=1S/C12H11N5O2/c1-15-9-8(10(18)16(2)12(15)19)13-11(14-9)17-6-4-3-5-7-17/h3-7H,1-2H3/p+1. The van der Waals surface area contributed by atoms with Gasteiger partial charge >= 0.3 is 11.6 Å². The first-order valence-corrected chi connectivity index (χ1v) is 5.72. The Kier molecular flexibility index (Phi) is 2.34. The number of nitrogens with one attached hydrogen (secondary N) is 1. The van der Waals surface area contributed by atoms with Gasteiger partial charge in [-0.2, -0.15) is 0 Å². The fraction of sp³-hybridized carbons (Fsp3) is 0.167. The summed E-state index contributed by atoms with van der Waals surface area (Å²) >= 11 is 0. The van der Waals surface area contributed by atoms with E-state index in [1.165, 1.54) is 11.6 Å². The normalized spacial score (nSPS) is 11.1. The van der Waals surface area contributed by atoms with E-state index in [1.807, 2.05) is 18.2 Å². The molecule has 0 aliphatic heterocycles. The van der Waals surface area contributed by atoms with Crippen molar-refractivity contribution in [3.8, 4) is 5.95 Å². The molecule has 7 heteroatoms. The van der Waals surface area contributed by atoms with Crippen molar-refractivity contribution < 1.29 is 4.57 Å². The molecule has 7 nitrogen and oxygen atoms in total. The molecular formula is C12H12N5O2+. The topological polar surface area (TPSA) is 76.6 Å². The van der Waals surface area contributed by atoms with Gasteiger partial charge in [0, 0.05) is 14.1 Å². The Balaban J connectivity index is 2.40. The van der Waals surface area contributed by atoms with Crippen LogP contribution in [0.2, 0.25) is 0 Å². The molecule has 3 rings (SSSR count). The molecular weight excluding hydrogens is 246 g/mol. The molecule has 0 spiro atoms. The first-order valence-electron chi connectivity index (χ1n) is 5.72. The number of aryl methyl sites for hydroxylation is 1. The second-order valence-corrected chi connectivity index (χ2v) is 4.25. The third-order valence-electron chi connectivity index (χ3n) is 3.04. The molecule has 0 saturated heterocycles. The maximum Gasteiger partial charge on any atom is 0.403 e. The van der Waals surface area contributed by atoms with Crippen LogP contribution in [-0.4, -0.2) is 19.1 Å². The molecule has 0 fully saturated rings. The van der Waals surface area contributed by atoms with Crippen LogP contribution in [0.4, 0.5) is 0 Å². The summed E-state index contributed by atoms with van der Waals surface area (Å²) in [6.45, 7) is 0. The predicted molar refractivity (Wildman–Crippen MR) is 68.1 cm³/mol. The van der Waals surface area contributed by atoms with Gasteiger partial charge in [-0.15, -0.1) is 0 Å². The van der Waals surface area contributed by atoms with Crippen molar-refractivity contribution in [1.29, 1.82) is 0 Å². The van der Waals surface area contributed by atoms with Crippen LogP contribution in [0.25, 0.3) is 17.1 Å². The third kappa shape index (κ3) is 1.59. The number of imidazole rings is 1. The zero-order valence-corrected chi connectivity index (χ0v) is 10.5. The molecule has 0 bridgehead atoms. The maximum atomic E-state index is 12.0. The van der Waals surface area contributed by atoms with E-state index in [0.29, 0.717) is 17.1 Å². The van der Waals surface area contributed by atoms with Crippen LogP contribution in [0.1, 0.15) is 0 Å². The van der Waals surface area contributed by atoms with Crippen molar-refractivity contribution in [2.75, 3.05) is 0 Å². The Morgan fingerprint density at radius 2 is 1.79 bits per heavy atom. The van der Waals surface area contributed by atoms with Gasteiger partial charge in [0.2, 0.25) is 5.52 Å². The van der Waals surface area contributed by atoms with Crippen molar-refractivity contribution in [1.82, 2.24) is 19.1 Å². The van der Waals surface area contributed by atoms with E-state index in [2.05, 4.69) is 9.97 Å². The predicted octanol–water partition coefficient (Wildman–Crippen LogP) is -0.763. The van der Waals surface area contributed by atoms with Crippen LogP contribution >= 0.6 is 0 Å². The highest BCUT2D eigenvalue weighted by molar-refractivity contribution is 5.70. The van der Waals surface area contributed by atoms with Crippen molar-refractivity contribution in [2.24, 2.45) is 14.1 Å². The summed E-state index contributed by atoms with van der Waals surface area (Å²) in [5.74, 6) is 0.494. The summed E-state index contributed by atoms with van der Waals surface area (Å²) in [6.07, 6.45) is 3.61. The van der Waals surface area contributed by atoms with Crippen LogP contribution in [0.5, 0.6) is 0 Å². The molecule has 0 aliphatic rings. The summed E-state index contributed by atoms with van der Waals surface area (Å²) in [4.78, 5) is 31.1.